The Morgan fingerprint density at radius 3 is 2.72 bits per heavy atom. The number of hydrogen-bond acceptors (Lipinski definition) is 7. The summed E-state index contributed by atoms with van der Waals surface area (Å²) in [6.07, 6.45) is 5.15. The van der Waals surface area contributed by atoms with Gasteiger partial charge in [-0.2, -0.15) is 5.10 Å². The number of carbonyl (C=O) groups is 1. The van der Waals surface area contributed by atoms with E-state index in [-0.39, 0.29) is 5.91 Å². The molecule has 0 saturated carbocycles. The Morgan fingerprint density at radius 2 is 1.95 bits per heavy atom. The van der Waals surface area contributed by atoms with Gasteiger partial charge in [0, 0.05) is 46.8 Å². The number of rotatable bonds is 8. The van der Waals surface area contributed by atoms with Crippen molar-refractivity contribution in [1.29, 1.82) is 0 Å². The molecule has 2 atom stereocenters. The zero-order valence-electron chi connectivity index (χ0n) is 24.8. The van der Waals surface area contributed by atoms with E-state index in [0.29, 0.717) is 34.3 Å². The fraction of sp³-hybridized carbons (Fsp3) is 0.273. The number of carbonyl (C=O) groups excluding carboxylic acids is 1. The van der Waals surface area contributed by atoms with Crippen LogP contribution in [0.4, 0.5) is 23.0 Å². The van der Waals surface area contributed by atoms with Crippen LogP contribution >= 0.6 is 0 Å². The molecule has 5 aromatic rings. The Labute approximate surface area is 250 Å². The van der Waals surface area contributed by atoms with E-state index in [1.165, 1.54) is 32.1 Å². The van der Waals surface area contributed by atoms with Gasteiger partial charge in [-0.25, -0.2) is 14.1 Å². The molecule has 0 aliphatic carbocycles. The molecule has 1 fully saturated rings. The summed E-state index contributed by atoms with van der Waals surface area (Å²) < 4.78 is 9.32. The van der Waals surface area contributed by atoms with Crippen LogP contribution in [0.1, 0.15) is 48.7 Å². The number of aliphatic hydroxyl groups is 1. The second-order valence-electron chi connectivity index (χ2n) is 11.0. The first kappa shape index (κ1) is 28.2. The third kappa shape index (κ3) is 5.61. The molecule has 1 aliphatic heterocycles. The van der Waals surface area contributed by atoms with E-state index in [1.807, 2.05) is 30.5 Å². The number of anilines is 4. The molecule has 3 N–H and O–H groups in total. The maximum absolute atomic E-state index is 13.2. The van der Waals surface area contributed by atoms with Crippen molar-refractivity contribution in [3.8, 4) is 16.9 Å². The molecule has 0 radical (unpaired) electrons. The molecule has 0 spiro atoms. The van der Waals surface area contributed by atoms with Crippen LogP contribution in [0, 0.1) is 0 Å². The van der Waals surface area contributed by atoms with Gasteiger partial charge in [-0.05, 0) is 62.6 Å². The summed E-state index contributed by atoms with van der Waals surface area (Å²) in [7, 11) is 3.61. The number of hydrogen-bond donors (Lipinski definition) is 3. The third-order valence-corrected chi connectivity index (χ3v) is 8.09. The second-order valence-corrected chi connectivity index (χ2v) is 11.0. The first-order chi connectivity index (χ1) is 20.8. The Bertz CT molecular complexity index is 1800. The van der Waals surface area contributed by atoms with Crippen molar-refractivity contribution in [1.82, 2.24) is 14.6 Å². The molecule has 10 nitrogen and oxygen atoms in total. The molecule has 6 rings (SSSR count). The molecular formula is C33H36N7O3+. The third-order valence-electron chi connectivity index (χ3n) is 8.09. The summed E-state index contributed by atoms with van der Waals surface area (Å²) >= 11 is 0. The van der Waals surface area contributed by atoms with Gasteiger partial charge in [0.1, 0.15) is 17.8 Å². The smallest absolute Gasteiger partial charge is 0.255 e. The predicted molar refractivity (Wildman–Crippen MR) is 167 cm³/mol. The van der Waals surface area contributed by atoms with Crippen molar-refractivity contribution in [3.05, 3.63) is 90.4 Å². The highest BCUT2D eigenvalue weighted by Crippen LogP contribution is 2.31. The van der Waals surface area contributed by atoms with Gasteiger partial charge in [-0.15, -0.1) is 0 Å². The van der Waals surface area contributed by atoms with E-state index in [1.54, 1.807) is 35.7 Å². The van der Waals surface area contributed by atoms with Crippen molar-refractivity contribution >= 4 is 34.6 Å². The van der Waals surface area contributed by atoms with Gasteiger partial charge in [0.15, 0.2) is 5.65 Å². The Hall–Kier alpha value is -4.96. The number of methoxy groups -OCH3 is 1. The molecule has 43 heavy (non-hydrogen) atoms. The number of aromatic nitrogens is 4. The predicted octanol–water partition coefficient (Wildman–Crippen LogP) is 5.27. The van der Waals surface area contributed by atoms with Crippen LogP contribution < -0.4 is 24.8 Å². The minimum atomic E-state index is -0.682. The molecule has 1 aliphatic rings. The van der Waals surface area contributed by atoms with Crippen LogP contribution in [0.2, 0.25) is 0 Å². The summed E-state index contributed by atoms with van der Waals surface area (Å²) in [5.41, 5.74) is 4.98. The lowest BCUT2D eigenvalue weighted by atomic mass is 10.0. The molecule has 1 saturated heterocycles. The van der Waals surface area contributed by atoms with Crippen LogP contribution in [0.3, 0.4) is 0 Å². The first-order valence-corrected chi connectivity index (χ1v) is 14.5. The van der Waals surface area contributed by atoms with Crippen LogP contribution in [-0.4, -0.2) is 45.3 Å². The molecule has 3 aromatic heterocycles. The van der Waals surface area contributed by atoms with Crippen LogP contribution in [0.5, 0.6) is 5.75 Å². The van der Waals surface area contributed by atoms with Crippen molar-refractivity contribution in [2.24, 2.45) is 7.05 Å². The fourth-order valence-electron chi connectivity index (χ4n) is 5.75. The van der Waals surface area contributed by atoms with E-state index in [0.717, 1.165) is 29.2 Å². The summed E-state index contributed by atoms with van der Waals surface area (Å²) in [6, 6.07) is 21.5. The van der Waals surface area contributed by atoms with E-state index >= 15 is 0 Å². The highest BCUT2D eigenvalue weighted by molar-refractivity contribution is 6.05. The number of benzene rings is 2. The SMILES string of the molecule is COc1cc(NC(=O)c2cccc(-c3cc(Nc4cccc(N5CCCC5C)[n+]4C)c4ncnn4c3)c2)ccc1C(C)O. The van der Waals surface area contributed by atoms with Crippen molar-refractivity contribution in [2.75, 3.05) is 29.2 Å². The average molecular weight is 579 g/mol. The standard InChI is InChI=1S/C33H35N7O3/c1-21-8-7-15-39(21)31-12-6-11-30(38(31)3)37-28-17-25(19-40-32(28)34-20-35-40)23-9-5-10-24(16-23)33(42)36-26-13-14-27(22(2)41)29(18-26)43-4/h5-6,9-14,16-22,41H,7-8,15H2,1-4H3,(H,36,42)/p+1. The van der Waals surface area contributed by atoms with Gasteiger partial charge in [0.05, 0.1) is 32.8 Å². The van der Waals surface area contributed by atoms with E-state index < -0.39 is 6.10 Å². The maximum Gasteiger partial charge on any atom is 0.255 e. The fourth-order valence-corrected chi connectivity index (χ4v) is 5.75. The van der Waals surface area contributed by atoms with E-state index in [4.69, 9.17) is 4.74 Å². The highest BCUT2D eigenvalue weighted by atomic mass is 16.5. The first-order valence-electron chi connectivity index (χ1n) is 14.5. The van der Waals surface area contributed by atoms with Gasteiger partial charge in [-0.1, -0.05) is 18.2 Å². The maximum atomic E-state index is 13.2. The number of nitrogens with one attached hydrogen (secondary N) is 2. The van der Waals surface area contributed by atoms with Gasteiger partial charge in [-0.3, -0.25) is 15.0 Å². The van der Waals surface area contributed by atoms with E-state index in [9.17, 15) is 9.90 Å². The summed E-state index contributed by atoms with van der Waals surface area (Å²) in [6.45, 7) is 4.99. The summed E-state index contributed by atoms with van der Waals surface area (Å²) in [5, 5.41) is 20.9. The number of fused-ring (bicyclic) bond motifs is 1. The molecule has 220 valence electrons. The summed E-state index contributed by atoms with van der Waals surface area (Å²) in [4.78, 5) is 20.2. The van der Waals surface area contributed by atoms with E-state index in [2.05, 4.69) is 62.4 Å². The van der Waals surface area contributed by atoms with Crippen molar-refractivity contribution in [2.45, 2.75) is 38.8 Å². The molecule has 2 aromatic carbocycles. The van der Waals surface area contributed by atoms with Crippen LogP contribution in [0.15, 0.2) is 79.3 Å². The normalized spacial score (nSPS) is 15.5. The summed E-state index contributed by atoms with van der Waals surface area (Å²) in [5.74, 6) is 2.36. The Morgan fingerprint density at radius 1 is 1.12 bits per heavy atom. The highest BCUT2D eigenvalue weighted by Gasteiger charge is 2.28. The van der Waals surface area contributed by atoms with Crippen molar-refractivity contribution < 1.29 is 19.2 Å². The Balaban J connectivity index is 1.29. The Kier molecular flexibility index (Phi) is 7.69. The van der Waals surface area contributed by atoms with Crippen molar-refractivity contribution in [3.63, 3.8) is 0 Å². The van der Waals surface area contributed by atoms with Crippen LogP contribution in [0.25, 0.3) is 16.8 Å². The lowest BCUT2D eigenvalue weighted by Crippen LogP contribution is -2.42. The topological polar surface area (TPSA) is 108 Å². The number of ether oxygens (including phenoxy) is 1. The van der Waals surface area contributed by atoms with Gasteiger partial charge in [0.25, 0.3) is 5.91 Å². The molecule has 0 bridgehead atoms. The molecule has 10 heteroatoms. The number of amides is 1. The minimum Gasteiger partial charge on any atom is -0.496 e. The lowest BCUT2D eigenvalue weighted by Gasteiger charge is -2.21. The van der Waals surface area contributed by atoms with Crippen LogP contribution in [-0.2, 0) is 7.05 Å². The lowest BCUT2D eigenvalue weighted by molar-refractivity contribution is -0.644. The second kappa shape index (κ2) is 11.7. The van der Waals surface area contributed by atoms with Gasteiger partial charge >= 0.3 is 0 Å². The minimum absolute atomic E-state index is 0.256. The zero-order valence-corrected chi connectivity index (χ0v) is 24.8. The zero-order chi connectivity index (χ0) is 30.1. The monoisotopic (exact) mass is 578 g/mol. The molecule has 1 amide bonds. The van der Waals surface area contributed by atoms with Gasteiger partial charge in [0.2, 0.25) is 11.6 Å². The molecular weight excluding hydrogens is 542 g/mol. The number of nitrogens with zero attached hydrogens (tertiary/aromatic N) is 5. The number of pyridine rings is 2. The molecule has 4 heterocycles. The van der Waals surface area contributed by atoms with Gasteiger partial charge < -0.3 is 15.2 Å². The quantitative estimate of drug-likeness (QED) is 0.215. The largest absolute Gasteiger partial charge is 0.496 e. The number of aliphatic hydroxyl groups excluding tert-OH is 1. The molecule has 2 unspecified atom stereocenters. The average Bonchev–Trinajstić information content (AvgIpc) is 3.67.